The number of amides is 1. The Bertz CT molecular complexity index is 452. The third-order valence-corrected chi connectivity index (χ3v) is 3.64. The lowest BCUT2D eigenvalue weighted by molar-refractivity contribution is -0.124. The van der Waals surface area contributed by atoms with Crippen LogP contribution in [0.2, 0.25) is 0 Å². The summed E-state index contributed by atoms with van der Waals surface area (Å²) in [5.41, 5.74) is 1.33. The molecular formula is C12H20N4O. The number of fused-ring (bicyclic) bond motifs is 1. The third kappa shape index (κ3) is 1.79. The summed E-state index contributed by atoms with van der Waals surface area (Å²) in [4.78, 5) is 12.2. The van der Waals surface area contributed by atoms with Gasteiger partial charge in [0.1, 0.15) is 11.5 Å². The van der Waals surface area contributed by atoms with Crippen LogP contribution in [0.4, 0.5) is 11.5 Å². The van der Waals surface area contributed by atoms with Gasteiger partial charge < -0.3 is 10.6 Å². The Morgan fingerprint density at radius 2 is 2.18 bits per heavy atom. The number of carbonyl (C=O) groups excluding carboxylic acids is 1. The molecule has 94 valence electrons. The molecule has 0 aliphatic carbocycles. The average molecular weight is 236 g/mol. The number of hydrogen-bond acceptors (Lipinski definition) is 3. The molecule has 0 saturated heterocycles. The second kappa shape index (κ2) is 4.05. The van der Waals surface area contributed by atoms with Crippen molar-refractivity contribution in [3.63, 3.8) is 0 Å². The molecule has 2 rings (SSSR count). The Hall–Kier alpha value is -1.52. The fraction of sp³-hybridized carbons (Fsp3) is 0.667. The van der Waals surface area contributed by atoms with E-state index in [0.29, 0.717) is 6.54 Å². The van der Waals surface area contributed by atoms with Gasteiger partial charge in [-0.25, -0.2) is 4.68 Å². The maximum Gasteiger partial charge on any atom is 0.232 e. The highest BCUT2D eigenvalue weighted by atomic mass is 16.2. The lowest BCUT2D eigenvalue weighted by atomic mass is 9.86. The maximum absolute atomic E-state index is 12.2. The zero-order valence-electron chi connectivity index (χ0n) is 10.9. The molecule has 1 aliphatic heterocycles. The van der Waals surface area contributed by atoms with Crippen LogP contribution in [-0.2, 0) is 11.3 Å². The van der Waals surface area contributed by atoms with E-state index in [-0.39, 0.29) is 11.3 Å². The number of rotatable bonds is 2. The monoisotopic (exact) mass is 236 g/mol. The number of aryl methyl sites for hydroxylation is 2. The zero-order chi connectivity index (χ0) is 12.6. The first-order valence-corrected chi connectivity index (χ1v) is 6.14. The normalized spacial score (nSPS) is 23.6. The molecular weight excluding hydrogens is 216 g/mol. The number of anilines is 2. The van der Waals surface area contributed by atoms with Crippen LogP contribution in [0.15, 0.2) is 0 Å². The van der Waals surface area contributed by atoms with Gasteiger partial charge in [0.05, 0.1) is 11.1 Å². The summed E-state index contributed by atoms with van der Waals surface area (Å²) in [5, 5.41) is 10.8. The Morgan fingerprint density at radius 3 is 2.76 bits per heavy atom. The second-order valence-electron chi connectivity index (χ2n) is 4.85. The van der Waals surface area contributed by atoms with Crippen molar-refractivity contribution in [1.82, 2.24) is 9.78 Å². The minimum atomic E-state index is -0.357. The third-order valence-electron chi connectivity index (χ3n) is 3.64. The van der Waals surface area contributed by atoms with Gasteiger partial charge in [-0.1, -0.05) is 6.92 Å². The predicted molar refractivity (Wildman–Crippen MR) is 68.2 cm³/mol. The lowest BCUT2D eigenvalue weighted by Crippen LogP contribution is -2.37. The fourth-order valence-corrected chi connectivity index (χ4v) is 2.05. The van der Waals surface area contributed by atoms with Gasteiger partial charge in [-0.2, -0.15) is 5.10 Å². The SMILES string of the molecule is CCn1nc(C)c2c1NCC(C)(CC)C(=O)N2. The zero-order valence-corrected chi connectivity index (χ0v) is 10.9. The summed E-state index contributed by atoms with van der Waals surface area (Å²) < 4.78 is 1.90. The van der Waals surface area contributed by atoms with E-state index in [1.165, 1.54) is 0 Å². The smallest absolute Gasteiger partial charge is 0.232 e. The summed E-state index contributed by atoms with van der Waals surface area (Å²) in [6.07, 6.45) is 0.814. The van der Waals surface area contributed by atoms with Gasteiger partial charge in [0.25, 0.3) is 0 Å². The topological polar surface area (TPSA) is 59.0 Å². The molecule has 1 aliphatic rings. The first-order valence-electron chi connectivity index (χ1n) is 6.14. The van der Waals surface area contributed by atoms with Crippen molar-refractivity contribution in [3.05, 3.63) is 5.69 Å². The fourth-order valence-electron chi connectivity index (χ4n) is 2.05. The van der Waals surface area contributed by atoms with Crippen LogP contribution < -0.4 is 10.6 Å². The molecule has 1 atom stereocenters. The molecule has 1 aromatic rings. The van der Waals surface area contributed by atoms with Gasteiger partial charge in [-0.3, -0.25) is 4.79 Å². The minimum absolute atomic E-state index is 0.0741. The Morgan fingerprint density at radius 1 is 1.47 bits per heavy atom. The molecule has 17 heavy (non-hydrogen) atoms. The second-order valence-corrected chi connectivity index (χ2v) is 4.85. The first kappa shape index (κ1) is 12.0. The molecule has 0 bridgehead atoms. The predicted octanol–water partition coefficient (Wildman–Crippen LogP) is 1.99. The van der Waals surface area contributed by atoms with Crippen molar-refractivity contribution in [2.75, 3.05) is 17.2 Å². The van der Waals surface area contributed by atoms with Crippen molar-refractivity contribution in [2.45, 2.75) is 40.7 Å². The summed E-state index contributed by atoms with van der Waals surface area (Å²) in [6.45, 7) is 9.42. The highest BCUT2D eigenvalue weighted by Gasteiger charge is 2.35. The van der Waals surface area contributed by atoms with E-state index in [1.54, 1.807) is 0 Å². The standard InChI is InChI=1S/C12H20N4O/c1-5-12(4)7-13-10-9(14-11(12)17)8(3)15-16(10)6-2/h13H,5-7H2,1-4H3,(H,14,17). The van der Waals surface area contributed by atoms with E-state index >= 15 is 0 Å². The molecule has 0 aromatic carbocycles. The summed E-state index contributed by atoms with van der Waals surface area (Å²) in [6, 6.07) is 0. The van der Waals surface area contributed by atoms with E-state index < -0.39 is 0 Å². The molecule has 0 saturated carbocycles. The molecule has 1 aromatic heterocycles. The number of carbonyl (C=O) groups is 1. The number of nitrogens with one attached hydrogen (secondary N) is 2. The van der Waals surface area contributed by atoms with E-state index in [0.717, 1.165) is 30.2 Å². The average Bonchev–Trinajstić information content (AvgIpc) is 2.55. The van der Waals surface area contributed by atoms with Crippen LogP contribution in [0, 0.1) is 12.3 Å². The van der Waals surface area contributed by atoms with Crippen LogP contribution in [0.5, 0.6) is 0 Å². The molecule has 0 fully saturated rings. The van der Waals surface area contributed by atoms with Crippen LogP contribution in [0.25, 0.3) is 0 Å². The highest BCUT2D eigenvalue weighted by molar-refractivity contribution is 5.99. The van der Waals surface area contributed by atoms with Gasteiger partial charge in [-0.15, -0.1) is 0 Å². The van der Waals surface area contributed by atoms with Crippen molar-refractivity contribution in [1.29, 1.82) is 0 Å². The Kier molecular flexibility index (Phi) is 2.85. The number of aromatic nitrogens is 2. The van der Waals surface area contributed by atoms with E-state index in [1.807, 2.05) is 32.4 Å². The van der Waals surface area contributed by atoms with Crippen molar-refractivity contribution in [2.24, 2.45) is 5.41 Å². The molecule has 2 N–H and O–H groups in total. The molecule has 5 heteroatoms. The van der Waals surface area contributed by atoms with E-state index in [4.69, 9.17) is 0 Å². The van der Waals surface area contributed by atoms with Crippen molar-refractivity contribution >= 4 is 17.4 Å². The Balaban J connectivity index is 2.42. The van der Waals surface area contributed by atoms with Crippen LogP contribution in [0.3, 0.4) is 0 Å². The van der Waals surface area contributed by atoms with Crippen LogP contribution >= 0.6 is 0 Å². The number of hydrogen-bond donors (Lipinski definition) is 2. The van der Waals surface area contributed by atoms with Crippen LogP contribution in [0.1, 0.15) is 32.9 Å². The first-order chi connectivity index (χ1) is 8.01. The van der Waals surface area contributed by atoms with Gasteiger partial charge in [0.15, 0.2) is 0 Å². The van der Waals surface area contributed by atoms with Crippen LogP contribution in [-0.4, -0.2) is 22.2 Å². The molecule has 0 spiro atoms. The van der Waals surface area contributed by atoms with E-state index in [9.17, 15) is 4.79 Å². The molecule has 5 nitrogen and oxygen atoms in total. The maximum atomic E-state index is 12.2. The van der Waals surface area contributed by atoms with Gasteiger partial charge in [0, 0.05) is 13.1 Å². The summed E-state index contributed by atoms with van der Waals surface area (Å²) >= 11 is 0. The molecule has 1 unspecified atom stereocenters. The Labute approximate surface area is 102 Å². The van der Waals surface area contributed by atoms with Crippen molar-refractivity contribution < 1.29 is 4.79 Å². The summed E-state index contributed by atoms with van der Waals surface area (Å²) in [5.74, 6) is 1.00. The molecule has 2 heterocycles. The van der Waals surface area contributed by atoms with Gasteiger partial charge in [0.2, 0.25) is 5.91 Å². The number of nitrogens with zero attached hydrogens (tertiary/aromatic N) is 2. The molecule has 1 amide bonds. The minimum Gasteiger partial charge on any atom is -0.367 e. The van der Waals surface area contributed by atoms with Crippen molar-refractivity contribution in [3.8, 4) is 0 Å². The van der Waals surface area contributed by atoms with Gasteiger partial charge in [-0.05, 0) is 27.2 Å². The highest BCUT2D eigenvalue weighted by Crippen LogP contribution is 2.34. The molecule has 0 radical (unpaired) electrons. The van der Waals surface area contributed by atoms with E-state index in [2.05, 4.69) is 15.7 Å². The summed E-state index contributed by atoms with van der Waals surface area (Å²) in [7, 11) is 0. The van der Waals surface area contributed by atoms with Gasteiger partial charge >= 0.3 is 0 Å². The quantitative estimate of drug-likeness (QED) is 0.825. The largest absolute Gasteiger partial charge is 0.367 e. The lowest BCUT2D eigenvalue weighted by Gasteiger charge is -2.24.